The Labute approximate surface area is 90.1 Å². The number of ketones is 1. The molecule has 1 fully saturated rings. The fourth-order valence-corrected chi connectivity index (χ4v) is 2.57. The molecular weight excluding hydrogens is 190 g/mol. The highest BCUT2D eigenvalue weighted by atomic mass is 16.2. The standard InChI is InChI=1S/C12H17NO2/c1-7-4-5-10-6-11(14)8(2)9(3)12(15)13(7)10/h7,10H,4-6H2,1-3H3/t7-,10+/m0/s1. The predicted molar refractivity (Wildman–Crippen MR) is 57.3 cm³/mol. The SMILES string of the molecule is CC1=C(C)C(=O)N2[C@H](CC[C@@H]2C)CC1=O. The van der Waals surface area contributed by atoms with Gasteiger partial charge in [-0.1, -0.05) is 0 Å². The summed E-state index contributed by atoms with van der Waals surface area (Å²) in [6.07, 6.45) is 2.51. The Morgan fingerprint density at radius 1 is 1.13 bits per heavy atom. The highest BCUT2D eigenvalue weighted by Gasteiger charge is 2.38. The van der Waals surface area contributed by atoms with Gasteiger partial charge in [-0.3, -0.25) is 9.59 Å². The summed E-state index contributed by atoms with van der Waals surface area (Å²) in [5, 5.41) is 0. The quantitative estimate of drug-likeness (QED) is 0.606. The number of carbonyl (C=O) groups is 2. The molecule has 2 rings (SSSR count). The van der Waals surface area contributed by atoms with Crippen LogP contribution >= 0.6 is 0 Å². The molecule has 3 heteroatoms. The van der Waals surface area contributed by atoms with Crippen molar-refractivity contribution in [3.8, 4) is 0 Å². The molecule has 0 aromatic heterocycles. The van der Waals surface area contributed by atoms with Crippen molar-refractivity contribution in [3.63, 3.8) is 0 Å². The first-order valence-electron chi connectivity index (χ1n) is 5.55. The van der Waals surface area contributed by atoms with Crippen LogP contribution in [0.5, 0.6) is 0 Å². The molecule has 0 saturated carbocycles. The molecule has 2 heterocycles. The molecule has 0 radical (unpaired) electrons. The molecule has 3 nitrogen and oxygen atoms in total. The van der Waals surface area contributed by atoms with E-state index in [1.807, 2.05) is 4.90 Å². The van der Waals surface area contributed by atoms with E-state index in [-0.39, 0.29) is 23.8 Å². The molecule has 82 valence electrons. The van der Waals surface area contributed by atoms with Gasteiger partial charge >= 0.3 is 0 Å². The van der Waals surface area contributed by atoms with Crippen molar-refractivity contribution in [2.75, 3.05) is 0 Å². The van der Waals surface area contributed by atoms with Gasteiger partial charge in [0.05, 0.1) is 0 Å². The number of rotatable bonds is 0. The van der Waals surface area contributed by atoms with Crippen LogP contribution in [-0.2, 0) is 9.59 Å². The highest BCUT2D eigenvalue weighted by Crippen LogP contribution is 2.31. The van der Waals surface area contributed by atoms with E-state index in [4.69, 9.17) is 0 Å². The lowest BCUT2D eigenvalue weighted by Crippen LogP contribution is -2.39. The zero-order valence-corrected chi connectivity index (χ0v) is 9.54. The summed E-state index contributed by atoms with van der Waals surface area (Å²) in [4.78, 5) is 25.8. The van der Waals surface area contributed by atoms with E-state index in [2.05, 4.69) is 6.92 Å². The second-order valence-electron chi connectivity index (χ2n) is 4.67. The van der Waals surface area contributed by atoms with Crippen LogP contribution in [0.3, 0.4) is 0 Å². The van der Waals surface area contributed by atoms with Gasteiger partial charge in [0.15, 0.2) is 5.78 Å². The van der Waals surface area contributed by atoms with Crippen LogP contribution in [0.1, 0.15) is 40.0 Å². The molecule has 0 unspecified atom stereocenters. The molecule has 0 aromatic carbocycles. The topological polar surface area (TPSA) is 37.4 Å². The summed E-state index contributed by atoms with van der Waals surface area (Å²) in [6, 6.07) is 0.434. The molecule has 1 saturated heterocycles. The predicted octanol–water partition coefficient (Wildman–Crippen LogP) is 1.68. The van der Waals surface area contributed by atoms with Gasteiger partial charge in [-0.25, -0.2) is 0 Å². The van der Waals surface area contributed by atoms with Crippen LogP contribution in [0.25, 0.3) is 0 Å². The summed E-state index contributed by atoms with van der Waals surface area (Å²) in [5.41, 5.74) is 1.29. The van der Waals surface area contributed by atoms with Crippen molar-refractivity contribution in [3.05, 3.63) is 11.1 Å². The zero-order valence-electron chi connectivity index (χ0n) is 9.54. The number of hydrogen-bond acceptors (Lipinski definition) is 2. The Bertz CT molecular complexity index is 357. The minimum Gasteiger partial charge on any atom is -0.333 e. The third kappa shape index (κ3) is 1.50. The maximum atomic E-state index is 12.1. The van der Waals surface area contributed by atoms with Crippen LogP contribution in [0, 0.1) is 0 Å². The second-order valence-corrected chi connectivity index (χ2v) is 4.67. The van der Waals surface area contributed by atoms with Crippen LogP contribution in [0.4, 0.5) is 0 Å². The van der Waals surface area contributed by atoms with Gasteiger partial charge in [0.25, 0.3) is 0 Å². The first kappa shape index (κ1) is 10.4. The van der Waals surface area contributed by atoms with E-state index in [0.717, 1.165) is 12.8 Å². The van der Waals surface area contributed by atoms with Crippen molar-refractivity contribution >= 4 is 11.7 Å². The minimum atomic E-state index is 0.0633. The summed E-state index contributed by atoms with van der Waals surface area (Å²) in [6.45, 7) is 5.60. The van der Waals surface area contributed by atoms with Gasteiger partial charge in [0.2, 0.25) is 5.91 Å². The number of carbonyl (C=O) groups excluding carboxylic acids is 2. The summed E-state index contributed by atoms with van der Waals surface area (Å²) in [5.74, 6) is 0.204. The fourth-order valence-electron chi connectivity index (χ4n) is 2.57. The van der Waals surface area contributed by atoms with Crippen molar-refractivity contribution < 1.29 is 9.59 Å². The van der Waals surface area contributed by atoms with Gasteiger partial charge in [-0.2, -0.15) is 0 Å². The van der Waals surface area contributed by atoms with E-state index < -0.39 is 0 Å². The third-order valence-corrected chi connectivity index (χ3v) is 3.74. The minimum absolute atomic E-state index is 0.0633. The van der Waals surface area contributed by atoms with E-state index >= 15 is 0 Å². The monoisotopic (exact) mass is 207 g/mol. The molecule has 0 N–H and O–H groups in total. The first-order valence-corrected chi connectivity index (χ1v) is 5.55. The molecule has 1 amide bonds. The molecule has 2 aliphatic rings. The van der Waals surface area contributed by atoms with Gasteiger partial charge < -0.3 is 4.90 Å². The largest absolute Gasteiger partial charge is 0.333 e. The Hall–Kier alpha value is -1.12. The van der Waals surface area contributed by atoms with Crippen LogP contribution < -0.4 is 0 Å². The Morgan fingerprint density at radius 2 is 1.80 bits per heavy atom. The molecule has 0 aromatic rings. The van der Waals surface area contributed by atoms with Gasteiger partial charge in [-0.05, 0) is 33.6 Å². The number of nitrogens with zero attached hydrogens (tertiary/aromatic N) is 1. The van der Waals surface area contributed by atoms with Crippen molar-refractivity contribution in [1.82, 2.24) is 4.90 Å². The lowest BCUT2D eigenvalue weighted by molar-refractivity contribution is -0.129. The fraction of sp³-hybridized carbons (Fsp3) is 0.667. The van der Waals surface area contributed by atoms with Crippen molar-refractivity contribution in [2.24, 2.45) is 0 Å². The van der Waals surface area contributed by atoms with E-state index in [9.17, 15) is 9.59 Å². The maximum Gasteiger partial charge on any atom is 0.250 e. The smallest absolute Gasteiger partial charge is 0.250 e. The van der Waals surface area contributed by atoms with Gasteiger partial charge in [0.1, 0.15) is 0 Å². The van der Waals surface area contributed by atoms with Crippen LogP contribution in [-0.4, -0.2) is 28.7 Å². The van der Waals surface area contributed by atoms with Crippen molar-refractivity contribution in [2.45, 2.75) is 52.1 Å². The van der Waals surface area contributed by atoms with Gasteiger partial charge in [0, 0.05) is 29.7 Å². The molecule has 2 aliphatic heterocycles. The average molecular weight is 207 g/mol. The number of Topliss-reactive ketones (excluding diaryl/α,β-unsaturated/α-hetero) is 1. The number of amides is 1. The first-order chi connectivity index (χ1) is 7.02. The number of fused-ring (bicyclic) bond motifs is 1. The lowest BCUT2D eigenvalue weighted by atomic mass is 10.0. The Kier molecular flexibility index (Phi) is 2.41. The van der Waals surface area contributed by atoms with E-state index in [1.54, 1.807) is 13.8 Å². The lowest BCUT2D eigenvalue weighted by Gasteiger charge is -2.26. The number of allylic oxidation sites excluding steroid dienone is 1. The molecule has 2 atom stereocenters. The molecule has 15 heavy (non-hydrogen) atoms. The highest BCUT2D eigenvalue weighted by molar-refractivity contribution is 6.07. The second kappa shape index (κ2) is 3.47. The van der Waals surface area contributed by atoms with Crippen molar-refractivity contribution in [1.29, 1.82) is 0 Å². The van der Waals surface area contributed by atoms with Crippen LogP contribution in [0.15, 0.2) is 11.1 Å². The summed E-state index contributed by atoms with van der Waals surface area (Å²) in [7, 11) is 0. The molecular formula is C12H17NO2. The van der Waals surface area contributed by atoms with Gasteiger partial charge in [-0.15, -0.1) is 0 Å². The summed E-state index contributed by atoms with van der Waals surface area (Å²) < 4.78 is 0. The number of hydrogen-bond donors (Lipinski definition) is 0. The zero-order chi connectivity index (χ0) is 11.2. The molecule has 0 bridgehead atoms. The third-order valence-electron chi connectivity index (χ3n) is 3.74. The normalized spacial score (nSPS) is 32.1. The summed E-state index contributed by atoms with van der Waals surface area (Å²) >= 11 is 0. The van der Waals surface area contributed by atoms with E-state index in [0.29, 0.717) is 17.6 Å². The molecule has 0 spiro atoms. The average Bonchev–Trinajstić information content (AvgIpc) is 2.53. The van der Waals surface area contributed by atoms with E-state index in [1.165, 1.54) is 0 Å². The molecule has 0 aliphatic carbocycles. The Balaban J connectivity index is 2.41. The maximum absolute atomic E-state index is 12.1. The van der Waals surface area contributed by atoms with Crippen LogP contribution in [0.2, 0.25) is 0 Å². The Morgan fingerprint density at radius 3 is 2.47 bits per heavy atom.